The molecule has 2 aromatic rings. The molecule has 1 aliphatic heterocycles. The van der Waals surface area contributed by atoms with E-state index in [1.54, 1.807) is 11.3 Å². The third kappa shape index (κ3) is 3.72. The van der Waals surface area contributed by atoms with Gasteiger partial charge in [-0.1, -0.05) is 30.3 Å². The molecule has 1 fully saturated rings. The first-order chi connectivity index (χ1) is 10.7. The molecule has 0 aliphatic carbocycles. The lowest BCUT2D eigenvalue weighted by atomic mass is 10.1. The molecule has 0 bridgehead atoms. The van der Waals surface area contributed by atoms with Crippen molar-refractivity contribution in [2.24, 2.45) is 0 Å². The number of nitrogens with one attached hydrogen (secondary N) is 1. The normalized spacial score (nSPS) is 18.5. The van der Waals surface area contributed by atoms with E-state index >= 15 is 0 Å². The van der Waals surface area contributed by atoms with Crippen LogP contribution in [0, 0.1) is 6.92 Å². The van der Waals surface area contributed by atoms with Crippen molar-refractivity contribution < 1.29 is 4.79 Å². The van der Waals surface area contributed by atoms with Crippen molar-refractivity contribution in [3.8, 4) is 0 Å². The van der Waals surface area contributed by atoms with Crippen LogP contribution < -0.4 is 5.32 Å². The molecule has 1 aliphatic rings. The van der Waals surface area contributed by atoms with Crippen LogP contribution in [-0.2, 0) is 17.9 Å². The van der Waals surface area contributed by atoms with Crippen LogP contribution >= 0.6 is 11.3 Å². The predicted octanol–water partition coefficient (Wildman–Crippen LogP) is 2.73. The van der Waals surface area contributed by atoms with E-state index in [4.69, 9.17) is 0 Å². The highest BCUT2D eigenvalue weighted by Gasteiger charge is 2.30. The molecule has 4 nitrogen and oxygen atoms in total. The summed E-state index contributed by atoms with van der Waals surface area (Å²) in [4.78, 5) is 20.2. The summed E-state index contributed by atoms with van der Waals surface area (Å²) in [6, 6.07) is 10.3. The van der Waals surface area contributed by atoms with Gasteiger partial charge in [-0.2, -0.15) is 0 Å². The van der Waals surface area contributed by atoms with E-state index in [0.717, 1.165) is 30.9 Å². The zero-order valence-electron chi connectivity index (χ0n) is 12.8. The lowest BCUT2D eigenvalue weighted by Gasteiger charge is -2.23. The molecule has 1 amide bonds. The Bertz CT molecular complexity index is 626. The first-order valence-electron chi connectivity index (χ1n) is 7.69. The number of carbonyl (C=O) groups is 1. The fourth-order valence-corrected chi connectivity index (χ4v) is 3.62. The summed E-state index contributed by atoms with van der Waals surface area (Å²) in [5.74, 6) is 0.126. The minimum Gasteiger partial charge on any atom is -0.348 e. The van der Waals surface area contributed by atoms with Crippen LogP contribution in [0.5, 0.6) is 0 Å². The van der Waals surface area contributed by atoms with Gasteiger partial charge in [0.15, 0.2) is 0 Å². The minimum absolute atomic E-state index is 0.0127. The molecule has 1 aromatic carbocycles. The molecule has 1 unspecified atom stereocenters. The maximum Gasteiger partial charge on any atom is 0.237 e. The van der Waals surface area contributed by atoms with E-state index in [1.807, 2.05) is 31.3 Å². The molecule has 2 heterocycles. The fourth-order valence-electron chi connectivity index (χ4n) is 2.89. The summed E-state index contributed by atoms with van der Waals surface area (Å²) < 4.78 is 0. The monoisotopic (exact) mass is 315 g/mol. The van der Waals surface area contributed by atoms with Crippen LogP contribution in [0.1, 0.15) is 28.3 Å². The highest BCUT2D eigenvalue weighted by Crippen LogP contribution is 2.20. The van der Waals surface area contributed by atoms with Crippen LogP contribution in [0.2, 0.25) is 0 Å². The Labute approximate surface area is 135 Å². The van der Waals surface area contributed by atoms with E-state index in [2.05, 4.69) is 27.3 Å². The summed E-state index contributed by atoms with van der Waals surface area (Å²) in [7, 11) is 0. The van der Waals surface area contributed by atoms with Crippen molar-refractivity contribution in [2.45, 2.75) is 38.9 Å². The van der Waals surface area contributed by atoms with Gasteiger partial charge in [0.05, 0.1) is 12.6 Å². The molecule has 5 heteroatoms. The molecule has 22 heavy (non-hydrogen) atoms. The molecule has 1 N–H and O–H groups in total. The van der Waals surface area contributed by atoms with Gasteiger partial charge in [-0.25, -0.2) is 4.98 Å². The maximum atomic E-state index is 12.5. The van der Waals surface area contributed by atoms with Crippen LogP contribution in [0.3, 0.4) is 0 Å². The zero-order chi connectivity index (χ0) is 15.4. The fraction of sp³-hybridized carbons (Fsp3) is 0.412. The van der Waals surface area contributed by atoms with E-state index in [0.29, 0.717) is 6.54 Å². The molecule has 116 valence electrons. The smallest absolute Gasteiger partial charge is 0.237 e. The van der Waals surface area contributed by atoms with Crippen LogP contribution in [0.25, 0.3) is 0 Å². The number of amides is 1. The molecule has 1 atom stereocenters. The molecule has 1 saturated heterocycles. The minimum atomic E-state index is -0.0127. The van der Waals surface area contributed by atoms with Crippen LogP contribution in [0.15, 0.2) is 36.5 Å². The van der Waals surface area contributed by atoms with Crippen molar-refractivity contribution in [3.63, 3.8) is 0 Å². The van der Waals surface area contributed by atoms with Gasteiger partial charge < -0.3 is 5.32 Å². The SMILES string of the molecule is Cc1cnc(CNC(=O)C2CCCN2Cc2ccccc2)s1. The Kier molecular flexibility index (Phi) is 4.85. The standard InChI is InChI=1S/C17H21N3OS/c1-13-10-18-16(22-13)11-19-17(21)15-8-5-9-20(15)12-14-6-3-2-4-7-14/h2-4,6-7,10,15H,5,8-9,11-12H2,1H3,(H,19,21). The van der Waals surface area contributed by atoms with Gasteiger partial charge in [-0.05, 0) is 31.9 Å². The first-order valence-corrected chi connectivity index (χ1v) is 8.51. The van der Waals surface area contributed by atoms with Crippen molar-refractivity contribution in [1.29, 1.82) is 0 Å². The number of aromatic nitrogens is 1. The van der Waals surface area contributed by atoms with E-state index in [9.17, 15) is 4.79 Å². The van der Waals surface area contributed by atoms with Gasteiger partial charge in [0.1, 0.15) is 5.01 Å². The van der Waals surface area contributed by atoms with E-state index in [1.165, 1.54) is 10.4 Å². The highest BCUT2D eigenvalue weighted by molar-refractivity contribution is 7.11. The van der Waals surface area contributed by atoms with Gasteiger partial charge in [0.2, 0.25) is 5.91 Å². The Morgan fingerprint density at radius 1 is 1.41 bits per heavy atom. The number of carbonyl (C=O) groups excluding carboxylic acids is 1. The summed E-state index contributed by atoms with van der Waals surface area (Å²) in [6.07, 6.45) is 3.88. The average Bonchev–Trinajstić information content (AvgIpc) is 3.15. The quantitative estimate of drug-likeness (QED) is 0.923. The van der Waals surface area contributed by atoms with Crippen molar-refractivity contribution in [1.82, 2.24) is 15.2 Å². The number of aryl methyl sites for hydroxylation is 1. The van der Waals surface area contributed by atoms with Crippen molar-refractivity contribution in [3.05, 3.63) is 52.0 Å². The summed E-state index contributed by atoms with van der Waals surface area (Å²) >= 11 is 1.64. The summed E-state index contributed by atoms with van der Waals surface area (Å²) in [5, 5.41) is 4.01. The molecule has 0 saturated carbocycles. The van der Waals surface area contributed by atoms with Crippen molar-refractivity contribution >= 4 is 17.2 Å². The predicted molar refractivity (Wildman–Crippen MR) is 88.6 cm³/mol. The van der Waals surface area contributed by atoms with Gasteiger partial charge in [-0.3, -0.25) is 9.69 Å². The topological polar surface area (TPSA) is 45.2 Å². The number of likely N-dealkylation sites (tertiary alicyclic amines) is 1. The van der Waals surface area contributed by atoms with Gasteiger partial charge in [0, 0.05) is 17.6 Å². The Balaban J connectivity index is 1.56. The molecule has 0 radical (unpaired) electrons. The number of hydrogen-bond donors (Lipinski definition) is 1. The van der Waals surface area contributed by atoms with Gasteiger partial charge >= 0.3 is 0 Å². The Hall–Kier alpha value is -1.72. The lowest BCUT2D eigenvalue weighted by Crippen LogP contribution is -2.42. The molecular formula is C17H21N3OS. The summed E-state index contributed by atoms with van der Waals surface area (Å²) in [5.41, 5.74) is 1.26. The number of rotatable bonds is 5. The van der Waals surface area contributed by atoms with E-state index < -0.39 is 0 Å². The second kappa shape index (κ2) is 7.03. The zero-order valence-corrected chi connectivity index (χ0v) is 13.6. The molecular weight excluding hydrogens is 294 g/mol. The van der Waals surface area contributed by atoms with Gasteiger partial charge in [0.25, 0.3) is 0 Å². The second-order valence-corrected chi connectivity index (χ2v) is 7.02. The van der Waals surface area contributed by atoms with Gasteiger partial charge in [-0.15, -0.1) is 11.3 Å². The number of hydrogen-bond acceptors (Lipinski definition) is 4. The number of benzene rings is 1. The van der Waals surface area contributed by atoms with E-state index in [-0.39, 0.29) is 11.9 Å². The average molecular weight is 315 g/mol. The lowest BCUT2D eigenvalue weighted by molar-refractivity contribution is -0.125. The molecule has 3 rings (SSSR count). The van der Waals surface area contributed by atoms with Crippen LogP contribution in [-0.4, -0.2) is 28.4 Å². The second-order valence-electron chi connectivity index (χ2n) is 5.70. The summed E-state index contributed by atoms with van der Waals surface area (Å²) in [6.45, 7) is 4.40. The number of nitrogens with zero attached hydrogens (tertiary/aromatic N) is 2. The highest BCUT2D eigenvalue weighted by atomic mass is 32.1. The third-order valence-corrected chi connectivity index (χ3v) is 4.89. The largest absolute Gasteiger partial charge is 0.348 e. The first kappa shape index (κ1) is 15.2. The Morgan fingerprint density at radius 2 is 2.23 bits per heavy atom. The Morgan fingerprint density at radius 3 is 2.95 bits per heavy atom. The van der Waals surface area contributed by atoms with Crippen molar-refractivity contribution in [2.75, 3.05) is 6.54 Å². The number of thiazole rings is 1. The molecule has 0 spiro atoms. The third-order valence-electron chi connectivity index (χ3n) is 3.98. The molecule has 1 aromatic heterocycles. The van der Waals surface area contributed by atoms with Crippen LogP contribution in [0.4, 0.5) is 0 Å². The maximum absolute atomic E-state index is 12.5.